The highest BCUT2D eigenvalue weighted by Crippen LogP contribution is 2.27. The quantitative estimate of drug-likeness (QED) is 0.580. The summed E-state index contributed by atoms with van der Waals surface area (Å²) < 4.78 is 14.9. The zero-order valence-corrected chi connectivity index (χ0v) is 11.0. The zero-order valence-electron chi connectivity index (χ0n) is 11.0. The third kappa shape index (κ3) is 4.25. The Morgan fingerprint density at radius 1 is 1.17 bits per heavy atom. The first-order chi connectivity index (χ1) is 8.71. The molecule has 0 aliphatic rings. The Morgan fingerprint density at radius 2 is 1.89 bits per heavy atom. The molecule has 0 spiro atoms. The fourth-order valence-corrected chi connectivity index (χ4v) is 1.53. The average molecular weight is 253 g/mol. The van der Waals surface area contributed by atoms with Crippen LogP contribution in [-0.4, -0.2) is 40.4 Å². The van der Waals surface area contributed by atoms with Crippen molar-refractivity contribution in [3.05, 3.63) is 23.8 Å². The molecule has 0 saturated carbocycles. The summed E-state index contributed by atoms with van der Waals surface area (Å²) in [6, 6.07) is 5.77. The summed E-state index contributed by atoms with van der Waals surface area (Å²) in [6.07, 6.45) is 0.803. The number of nitrogens with one attached hydrogen (secondary N) is 1. The number of esters is 1. The summed E-state index contributed by atoms with van der Waals surface area (Å²) >= 11 is 0. The Kier molecular flexibility index (Phi) is 6.00. The van der Waals surface area contributed by atoms with E-state index in [9.17, 15) is 4.79 Å². The second-order valence-corrected chi connectivity index (χ2v) is 3.69. The Bertz CT molecular complexity index is 393. The van der Waals surface area contributed by atoms with Gasteiger partial charge in [-0.25, -0.2) is 0 Å². The van der Waals surface area contributed by atoms with Gasteiger partial charge in [0.1, 0.15) is 0 Å². The van der Waals surface area contributed by atoms with Crippen molar-refractivity contribution in [1.82, 2.24) is 5.32 Å². The number of benzene rings is 1. The van der Waals surface area contributed by atoms with Gasteiger partial charge in [0.2, 0.25) is 0 Å². The Morgan fingerprint density at radius 3 is 2.50 bits per heavy atom. The van der Waals surface area contributed by atoms with E-state index in [0.29, 0.717) is 18.0 Å². The van der Waals surface area contributed by atoms with Crippen LogP contribution in [0.2, 0.25) is 0 Å². The number of carbonyl (C=O) groups excluding carboxylic acids is 1. The summed E-state index contributed by atoms with van der Waals surface area (Å²) in [4.78, 5) is 10.9. The molecule has 0 bridgehead atoms. The molecule has 0 atom stereocenters. The summed E-state index contributed by atoms with van der Waals surface area (Å²) in [5, 5.41) is 3.00. The first-order valence-electron chi connectivity index (χ1n) is 5.69. The van der Waals surface area contributed by atoms with Crippen molar-refractivity contribution in [3.8, 4) is 11.5 Å². The predicted octanol–water partition coefficient (Wildman–Crippen LogP) is 1.01. The molecule has 0 radical (unpaired) electrons. The molecular weight excluding hydrogens is 234 g/mol. The lowest BCUT2D eigenvalue weighted by Gasteiger charge is -2.09. The molecule has 0 saturated heterocycles. The van der Waals surface area contributed by atoms with Crippen molar-refractivity contribution in [2.75, 3.05) is 34.4 Å². The molecule has 100 valence electrons. The van der Waals surface area contributed by atoms with Crippen LogP contribution in [0.1, 0.15) is 5.56 Å². The lowest BCUT2D eigenvalue weighted by Crippen LogP contribution is -2.25. The lowest BCUT2D eigenvalue weighted by atomic mass is 10.1. The van der Waals surface area contributed by atoms with Crippen LogP contribution in [0.4, 0.5) is 0 Å². The number of methoxy groups -OCH3 is 3. The van der Waals surface area contributed by atoms with Crippen LogP contribution >= 0.6 is 0 Å². The number of ether oxygens (including phenoxy) is 3. The van der Waals surface area contributed by atoms with Crippen molar-refractivity contribution < 1.29 is 19.0 Å². The van der Waals surface area contributed by atoms with E-state index in [1.807, 2.05) is 18.2 Å². The molecule has 0 aliphatic heterocycles. The Labute approximate surface area is 107 Å². The highest BCUT2D eigenvalue weighted by atomic mass is 16.5. The molecule has 1 rings (SSSR count). The molecule has 0 unspecified atom stereocenters. The van der Waals surface area contributed by atoms with E-state index >= 15 is 0 Å². The minimum absolute atomic E-state index is 0.226. The highest BCUT2D eigenvalue weighted by molar-refractivity contribution is 5.71. The number of hydrogen-bond donors (Lipinski definition) is 1. The van der Waals surface area contributed by atoms with Crippen LogP contribution in [0.3, 0.4) is 0 Å². The Hall–Kier alpha value is -1.75. The van der Waals surface area contributed by atoms with Crippen LogP contribution in [0.25, 0.3) is 0 Å². The fourth-order valence-electron chi connectivity index (χ4n) is 1.53. The fraction of sp³-hybridized carbons (Fsp3) is 0.462. The van der Waals surface area contributed by atoms with Gasteiger partial charge in [-0.15, -0.1) is 0 Å². The van der Waals surface area contributed by atoms with Gasteiger partial charge in [0.25, 0.3) is 0 Å². The van der Waals surface area contributed by atoms with Crippen LogP contribution in [0.15, 0.2) is 18.2 Å². The van der Waals surface area contributed by atoms with Gasteiger partial charge in [0.15, 0.2) is 11.5 Å². The van der Waals surface area contributed by atoms with Gasteiger partial charge in [-0.3, -0.25) is 4.79 Å². The van der Waals surface area contributed by atoms with Gasteiger partial charge < -0.3 is 19.5 Å². The van der Waals surface area contributed by atoms with Crippen LogP contribution in [0, 0.1) is 0 Å². The van der Waals surface area contributed by atoms with Gasteiger partial charge in [0, 0.05) is 0 Å². The van der Waals surface area contributed by atoms with Crippen LogP contribution in [-0.2, 0) is 16.0 Å². The lowest BCUT2D eigenvalue weighted by molar-refractivity contribution is -0.139. The average Bonchev–Trinajstić information content (AvgIpc) is 2.42. The molecule has 0 aliphatic carbocycles. The van der Waals surface area contributed by atoms with Crippen molar-refractivity contribution in [2.24, 2.45) is 0 Å². The second kappa shape index (κ2) is 7.55. The molecule has 5 heteroatoms. The molecular formula is C13H19NO4. The molecule has 0 fully saturated rings. The molecule has 0 heterocycles. The van der Waals surface area contributed by atoms with E-state index in [4.69, 9.17) is 9.47 Å². The SMILES string of the molecule is COC(=O)CNCCc1ccc(OC)c(OC)c1. The van der Waals surface area contributed by atoms with E-state index in [0.717, 1.165) is 12.0 Å². The summed E-state index contributed by atoms with van der Waals surface area (Å²) in [7, 11) is 4.59. The predicted molar refractivity (Wildman–Crippen MR) is 68.1 cm³/mol. The van der Waals surface area contributed by atoms with Gasteiger partial charge in [0.05, 0.1) is 27.9 Å². The Balaban J connectivity index is 2.45. The van der Waals surface area contributed by atoms with Gasteiger partial charge >= 0.3 is 5.97 Å². The maximum Gasteiger partial charge on any atom is 0.319 e. The molecule has 18 heavy (non-hydrogen) atoms. The molecule has 0 aromatic heterocycles. The van der Waals surface area contributed by atoms with Gasteiger partial charge in [-0.1, -0.05) is 6.07 Å². The number of hydrogen-bond acceptors (Lipinski definition) is 5. The molecule has 0 amide bonds. The van der Waals surface area contributed by atoms with E-state index in [1.165, 1.54) is 7.11 Å². The maximum atomic E-state index is 10.9. The summed E-state index contributed by atoms with van der Waals surface area (Å²) in [5.74, 6) is 1.16. The molecule has 5 nitrogen and oxygen atoms in total. The van der Waals surface area contributed by atoms with Crippen LogP contribution in [0.5, 0.6) is 11.5 Å². The normalized spacial score (nSPS) is 9.94. The van der Waals surface area contributed by atoms with Gasteiger partial charge in [-0.2, -0.15) is 0 Å². The number of rotatable bonds is 7. The minimum Gasteiger partial charge on any atom is -0.493 e. The second-order valence-electron chi connectivity index (χ2n) is 3.69. The third-order valence-electron chi connectivity index (χ3n) is 2.54. The van der Waals surface area contributed by atoms with Crippen LogP contribution < -0.4 is 14.8 Å². The monoisotopic (exact) mass is 253 g/mol. The highest BCUT2D eigenvalue weighted by Gasteiger charge is 2.04. The maximum absolute atomic E-state index is 10.9. The smallest absolute Gasteiger partial charge is 0.319 e. The van der Waals surface area contributed by atoms with Crippen molar-refractivity contribution >= 4 is 5.97 Å². The summed E-state index contributed by atoms with van der Waals surface area (Å²) in [5.41, 5.74) is 1.12. The number of carbonyl (C=O) groups is 1. The van der Waals surface area contributed by atoms with E-state index in [-0.39, 0.29) is 12.5 Å². The molecule has 1 N–H and O–H groups in total. The topological polar surface area (TPSA) is 56.8 Å². The zero-order chi connectivity index (χ0) is 13.4. The largest absolute Gasteiger partial charge is 0.493 e. The molecule has 1 aromatic carbocycles. The van der Waals surface area contributed by atoms with Crippen molar-refractivity contribution in [3.63, 3.8) is 0 Å². The minimum atomic E-state index is -0.262. The van der Waals surface area contributed by atoms with Crippen molar-refractivity contribution in [1.29, 1.82) is 0 Å². The van der Waals surface area contributed by atoms with E-state index in [2.05, 4.69) is 10.1 Å². The first kappa shape index (κ1) is 14.3. The molecule has 1 aromatic rings. The van der Waals surface area contributed by atoms with Crippen molar-refractivity contribution in [2.45, 2.75) is 6.42 Å². The van der Waals surface area contributed by atoms with E-state index in [1.54, 1.807) is 14.2 Å². The first-order valence-corrected chi connectivity index (χ1v) is 5.69. The van der Waals surface area contributed by atoms with Gasteiger partial charge in [-0.05, 0) is 30.7 Å². The van der Waals surface area contributed by atoms with E-state index < -0.39 is 0 Å². The third-order valence-corrected chi connectivity index (χ3v) is 2.54. The standard InChI is InChI=1S/C13H19NO4/c1-16-11-5-4-10(8-12(11)17-2)6-7-14-9-13(15)18-3/h4-5,8,14H,6-7,9H2,1-3H3. The summed E-state index contributed by atoms with van der Waals surface area (Å²) in [6.45, 7) is 0.925.